The Labute approximate surface area is 75.9 Å². The number of carbonyl (C=O) groups is 1. The highest BCUT2D eigenvalue weighted by Gasteiger charge is 2.00. The third-order valence-corrected chi connectivity index (χ3v) is 1.34. The second-order valence-electron chi connectivity index (χ2n) is 2.05. The topological polar surface area (TPSA) is 98.6 Å². The minimum absolute atomic E-state index is 0.0399. The normalized spacial score (nSPS) is 8.23. The van der Waals surface area contributed by atoms with E-state index in [-0.39, 0.29) is 5.75 Å². The van der Waals surface area contributed by atoms with E-state index in [9.17, 15) is 4.79 Å². The van der Waals surface area contributed by atoms with Crippen LogP contribution in [0.4, 0.5) is 0 Å². The fourth-order valence-electron chi connectivity index (χ4n) is 0.768. The zero-order valence-corrected chi connectivity index (χ0v) is 7.23. The summed E-state index contributed by atoms with van der Waals surface area (Å²) >= 11 is 0. The Morgan fingerprint density at radius 2 is 2.08 bits per heavy atom. The van der Waals surface area contributed by atoms with Gasteiger partial charge >= 0.3 is 0 Å². The van der Waals surface area contributed by atoms with Crippen LogP contribution in [0.15, 0.2) is 18.2 Å². The number of carbonyl (C=O) groups excluding carboxylic acids is 1. The van der Waals surface area contributed by atoms with Crippen molar-refractivity contribution in [2.45, 2.75) is 0 Å². The average Bonchev–Trinajstić information content (AvgIpc) is 2.22. The van der Waals surface area contributed by atoms with E-state index in [4.69, 9.17) is 9.84 Å². The van der Waals surface area contributed by atoms with Gasteiger partial charge in [0.05, 0.1) is 7.11 Å². The molecule has 0 spiro atoms. The van der Waals surface area contributed by atoms with Crippen molar-refractivity contribution in [1.82, 2.24) is 0 Å². The van der Waals surface area contributed by atoms with Gasteiger partial charge in [-0.15, -0.1) is 0 Å². The summed E-state index contributed by atoms with van der Waals surface area (Å²) in [5.41, 5.74) is 0.486. The molecule has 0 aliphatic heterocycles. The molecule has 1 aromatic carbocycles. The monoisotopic (exact) mass is 184 g/mol. The Morgan fingerprint density at radius 1 is 1.46 bits per heavy atom. The van der Waals surface area contributed by atoms with Crippen LogP contribution in [-0.4, -0.2) is 18.5 Å². The lowest BCUT2D eigenvalue weighted by Gasteiger charge is -2.01. The first-order valence-electron chi connectivity index (χ1n) is 3.43. The van der Waals surface area contributed by atoms with Crippen LogP contribution >= 0.6 is 0 Å². The number of aromatic hydroxyl groups is 1. The van der Waals surface area contributed by atoms with E-state index in [2.05, 4.69) is 11.7 Å². The first-order valence-corrected chi connectivity index (χ1v) is 3.43. The Balaban J connectivity index is 0.000000671. The molecule has 0 saturated carbocycles. The maximum absolute atomic E-state index is 10.2. The van der Waals surface area contributed by atoms with Crippen molar-refractivity contribution in [2.75, 3.05) is 7.11 Å². The van der Waals surface area contributed by atoms with E-state index in [0.717, 1.165) is 0 Å². The molecule has 5 N–H and O–H groups in total. The predicted octanol–water partition coefficient (Wildman–Crippen LogP) is 0.0321. The van der Waals surface area contributed by atoms with Crippen LogP contribution in [0.1, 0.15) is 10.4 Å². The fourth-order valence-corrected chi connectivity index (χ4v) is 0.768. The zero-order valence-electron chi connectivity index (χ0n) is 7.23. The van der Waals surface area contributed by atoms with Crippen molar-refractivity contribution in [1.29, 1.82) is 0 Å². The molecule has 0 bridgehead atoms. The first kappa shape index (κ1) is 11.4. The lowest BCUT2D eigenvalue weighted by atomic mass is 10.2. The van der Waals surface area contributed by atoms with E-state index in [0.29, 0.717) is 17.6 Å². The summed E-state index contributed by atoms with van der Waals surface area (Å²) in [6.07, 6.45) is 0.696. The summed E-state index contributed by atoms with van der Waals surface area (Å²) in [5.74, 6) is 8.35. The number of nitrogens with two attached hydrogens (primary N) is 2. The van der Waals surface area contributed by atoms with Crippen LogP contribution in [0.5, 0.6) is 11.5 Å². The lowest BCUT2D eigenvalue weighted by Crippen LogP contribution is -2.02. The number of aldehydes is 1. The van der Waals surface area contributed by atoms with Crippen molar-refractivity contribution in [3.05, 3.63) is 23.8 Å². The standard InChI is InChI=1S/C8H8O3.H4N2/c1-11-8-4-6(5-9)2-3-7(8)10;1-2/h2-5,10H,1H3;1-2H2. The molecule has 72 valence electrons. The number of ether oxygens (including phenoxy) is 1. The second kappa shape index (κ2) is 5.99. The highest BCUT2D eigenvalue weighted by atomic mass is 16.5. The van der Waals surface area contributed by atoms with Gasteiger partial charge in [0.25, 0.3) is 0 Å². The molecule has 0 aromatic heterocycles. The summed E-state index contributed by atoms with van der Waals surface area (Å²) < 4.78 is 4.78. The highest BCUT2D eigenvalue weighted by Crippen LogP contribution is 2.25. The molecule has 5 nitrogen and oxygen atoms in total. The molecule has 0 aliphatic rings. The van der Waals surface area contributed by atoms with Gasteiger partial charge in [0.2, 0.25) is 0 Å². The molecule has 0 saturated heterocycles. The fraction of sp³-hybridized carbons (Fsp3) is 0.125. The number of hydrazine groups is 1. The average molecular weight is 184 g/mol. The Kier molecular flexibility index (Phi) is 5.25. The Morgan fingerprint density at radius 3 is 2.54 bits per heavy atom. The van der Waals surface area contributed by atoms with Crippen LogP contribution in [0.2, 0.25) is 0 Å². The zero-order chi connectivity index (χ0) is 10.3. The van der Waals surface area contributed by atoms with Crippen molar-refractivity contribution in [3.63, 3.8) is 0 Å². The van der Waals surface area contributed by atoms with Gasteiger partial charge in [0.15, 0.2) is 11.5 Å². The van der Waals surface area contributed by atoms with Crippen LogP contribution in [-0.2, 0) is 0 Å². The van der Waals surface area contributed by atoms with Crippen LogP contribution in [0, 0.1) is 0 Å². The van der Waals surface area contributed by atoms with E-state index < -0.39 is 0 Å². The SMILES string of the molecule is COc1cc(C=O)ccc1O.NN. The number of phenols is 1. The number of phenolic OH excluding ortho intramolecular Hbond substituents is 1. The van der Waals surface area contributed by atoms with Crippen molar-refractivity contribution in [3.8, 4) is 11.5 Å². The maximum Gasteiger partial charge on any atom is 0.161 e. The van der Waals surface area contributed by atoms with Gasteiger partial charge in [-0.25, -0.2) is 0 Å². The molecule has 0 amide bonds. The third kappa shape index (κ3) is 3.10. The van der Waals surface area contributed by atoms with Gasteiger partial charge in [-0.05, 0) is 18.2 Å². The largest absolute Gasteiger partial charge is 0.504 e. The highest BCUT2D eigenvalue weighted by molar-refractivity contribution is 5.76. The summed E-state index contributed by atoms with van der Waals surface area (Å²) in [4.78, 5) is 10.2. The molecule has 5 heteroatoms. The molecule has 1 rings (SSSR count). The first-order chi connectivity index (χ1) is 6.27. The van der Waals surface area contributed by atoms with Crippen molar-refractivity contribution in [2.24, 2.45) is 11.7 Å². The van der Waals surface area contributed by atoms with E-state index >= 15 is 0 Å². The molecule has 1 aromatic rings. The van der Waals surface area contributed by atoms with Gasteiger partial charge in [0.1, 0.15) is 6.29 Å². The molecule has 0 fully saturated rings. The minimum Gasteiger partial charge on any atom is -0.504 e. The van der Waals surface area contributed by atoms with Crippen molar-refractivity contribution >= 4 is 6.29 Å². The lowest BCUT2D eigenvalue weighted by molar-refractivity contribution is 0.112. The van der Waals surface area contributed by atoms with Gasteiger partial charge in [-0.2, -0.15) is 0 Å². The number of methoxy groups -OCH3 is 1. The van der Waals surface area contributed by atoms with Crippen molar-refractivity contribution < 1.29 is 14.6 Å². The number of hydrogen-bond acceptors (Lipinski definition) is 5. The number of rotatable bonds is 2. The minimum atomic E-state index is 0.0399. The van der Waals surface area contributed by atoms with E-state index in [1.807, 2.05) is 0 Å². The maximum atomic E-state index is 10.2. The molecule has 0 aliphatic carbocycles. The molecule has 0 unspecified atom stereocenters. The van der Waals surface area contributed by atoms with E-state index in [1.165, 1.54) is 25.3 Å². The van der Waals surface area contributed by atoms with Crippen LogP contribution in [0.25, 0.3) is 0 Å². The molecule has 13 heavy (non-hydrogen) atoms. The molecule has 0 heterocycles. The van der Waals surface area contributed by atoms with Crippen LogP contribution in [0.3, 0.4) is 0 Å². The second-order valence-corrected chi connectivity index (χ2v) is 2.05. The van der Waals surface area contributed by atoms with Gasteiger partial charge in [-0.1, -0.05) is 0 Å². The Bertz CT molecular complexity index is 276. The summed E-state index contributed by atoms with van der Waals surface area (Å²) in [5, 5.41) is 9.09. The number of hydrogen-bond donors (Lipinski definition) is 3. The third-order valence-electron chi connectivity index (χ3n) is 1.34. The summed E-state index contributed by atoms with van der Waals surface area (Å²) in [6, 6.07) is 4.41. The smallest absolute Gasteiger partial charge is 0.161 e. The Hall–Kier alpha value is -1.59. The summed E-state index contributed by atoms with van der Waals surface area (Å²) in [7, 11) is 1.43. The van der Waals surface area contributed by atoms with Gasteiger partial charge in [0, 0.05) is 5.56 Å². The van der Waals surface area contributed by atoms with Gasteiger partial charge in [-0.3, -0.25) is 16.5 Å². The van der Waals surface area contributed by atoms with Gasteiger partial charge < -0.3 is 9.84 Å². The quantitative estimate of drug-likeness (QED) is 0.342. The summed E-state index contributed by atoms with van der Waals surface area (Å²) in [6.45, 7) is 0. The molecular formula is C8H12N2O3. The number of benzene rings is 1. The van der Waals surface area contributed by atoms with E-state index in [1.54, 1.807) is 0 Å². The molecule has 0 atom stereocenters. The predicted molar refractivity (Wildman–Crippen MR) is 48.4 cm³/mol. The van der Waals surface area contributed by atoms with Crippen LogP contribution < -0.4 is 16.4 Å². The molecular weight excluding hydrogens is 172 g/mol. The molecule has 0 radical (unpaired) electrons.